The maximum atomic E-state index is 13.9. The molecule has 1 aliphatic rings. The number of hydrogen-bond acceptors (Lipinski definition) is 6. The number of fused-ring (bicyclic) bond motifs is 1. The van der Waals surface area contributed by atoms with Crippen LogP contribution in [0.3, 0.4) is 0 Å². The molecule has 2 amide bonds. The quantitative estimate of drug-likeness (QED) is 0.414. The van der Waals surface area contributed by atoms with Crippen molar-refractivity contribution >= 4 is 29.3 Å². The predicted octanol–water partition coefficient (Wildman–Crippen LogP) is 5.37. The third-order valence-electron chi connectivity index (χ3n) is 6.35. The molecule has 36 heavy (non-hydrogen) atoms. The number of benzene rings is 3. The van der Waals surface area contributed by atoms with Crippen LogP contribution in [0, 0.1) is 0 Å². The SMILES string of the molecule is CCOc1ccc(NC(=O)C2c3cc(OC)c(OC)cc3C(=O)N(C)C2c2ccc(SC)cc2)cc1. The van der Waals surface area contributed by atoms with Crippen molar-refractivity contribution in [3.05, 3.63) is 77.4 Å². The third-order valence-corrected chi connectivity index (χ3v) is 7.09. The Morgan fingerprint density at radius 1 is 1.00 bits per heavy atom. The maximum absolute atomic E-state index is 13.9. The van der Waals surface area contributed by atoms with Gasteiger partial charge in [0.2, 0.25) is 5.91 Å². The molecule has 3 aromatic rings. The van der Waals surface area contributed by atoms with Crippen LogP contribution in [-0.2, 0) is 4.79 Å². The van der Waals surface area contributed by atoms with Gasteiger partial charge in [-0.15, -0.1) is 11.8 Å². The summed E-state index contributed by atoms with van der Waals surface area (Å²) in [6.45, 7) is 2.48. The summed E-state index contributed by atoms with van der Waals surface area (Å²) in [5, 5.41) is 3.04. The van der Waals surface area contributed by atoms with Crippen LogP contribution < -0.4 is 19.5 Å². The van der Waals surface area contributed by atoms with Gasteiger partial charge in [0, 0.05) is 23.2 Å². The molecule has 0 spiro atoms. The molecule has 0 saturated heterocycles. The average molecular weight is 507 g/mol. The Bertz CT molecular complexity index is 1240. The minimum absolute atomic E-state index is 0.185. The number of thioether (sulfide) groups is 1. The number of nitrogens with zero attached hydrogens (tertiary/aromatic N) is 1. The zero-order valence-electron chi connectivity index (χ0n) is 21.0. The van der Waals surface area contributed by atoms with Crippen molar-refractivity contribution in [1.29, 1.82) is 0 Å². The molecule has 1 heterocycles. The van der Waals surface area contributed by atoms with E-state index in [4.69, 9.17) is 14.2 Å². The summed E-state index contributed by atoms with van der Waals surface area (Å²) in [4.78, 5) is 30.1. The molecule has 0 aromatic heterocycles. The first-order chi connectivity index (χ1) is 17.4. The fraction of sp³-hybridized carbons (Fsp3) is 0.286. The van der Waals surface area contributed by atoms with E-state index in [1.54, 1.807) is 48.0 Å². The topological polar surface area (TPSA) is 77.1 Å². The number of nitrogens with one attached hydrogen (secondary N) is 1. The number of hydrogen-bond donors (Lipinski definition) is 1. The molecule has 0 aliphatic carbocycles. The monoisotopic (exact) mass is 506 g/mol. The molecular weight excluding hydrogens is 476 g/mol. The summed E-state index contributed by atoms with van der Waals surface area (Å²) in [7, 11) is 4.79. The lowest BCUT2D eigenvalue weighted by atomic mass is 9.79. The van der Waals surface area contributed by atoms with Gasteiger partial charge >= 0.3 is 0 Å². The van der Waals surface area contributed by atoms with Gasteiger partial charge in [-0.25, -0.2) is 0 Å². The Morgan fingerprint density at radius 2 is 1.64 bits per heavy atom. The Kier molecular flexibility index (Phi) is 7.74. The molecule has 1 aliphatic heterocycles. The normalized spacial score (nSPS) is 16.8. The smallest absolute Gasteiger partial charge is 0.254 e. The minimum Gasteiger partial charge on any atom is -0.494 e. The van der Waals surface area contributed by atoms with Gasteiger partial charge in [-0.1, -0.05) is 12.1 Å². The van der Waals surface area contributed by atoms with E-state index in [1.807, 2.05) is 49.6 Å². The van der Waals surface area contributed by atoms with Crippen LogP contribution >= 0.6 is 11.8 Å². The van der Waals surface area contributed by atoms with Crippen LogP contribution in [0.2, 0.25) is 0 Å². The van der Waals surface area contributed by atoms with Crippen LogP contribution in [0.4, 0.5) is 5.69 Å². The first-order valence-corrected chi connectivity index (χ1v) is 12.8. The summed E-state index contributed by atoms with van der Waals surface area (Å²) in [5.74, 6) is 0.526. The van der Waals surface area contributed by atoms with E-state index in [0.717, 1.165) is 16.2 Å². The van der Waals surface area contributed by atoms with Gasteiger partial charge in [0.1, 0.15) is 5.75 Å². The third kappa shape index (κ3) is 4.86. The van der Waals surface area contributed by atoms with Crippen LogP contribution in [0.15, 0.2) is 65.6 Å². The molecule has 0 radical (unpaired) electrons. The standard InChI is InChI=1S/C28H30N2O5S/c1-6-35-19-11-9-18(10-12-19)29-27(31)25-21-15-23(33-3)24(34-4)16-22(21)28(32)30(2)26(25)17-7-13-20(36-5)14-8-17/h7-16,25-26H,6H2,1-5H3,(H,29,31). The number of carbonyl (C=O) groups excluding carboxylic acids is 2. The van der Waals surface area contributed by atoms with Crippen molar-refractivity contribution in [3.63, 3.8) is 0 Å². The predicted molar refractivity (Wildman–Crippen MR) is 142 cm³/mol. The summed E-state index contributed by atoms with van der Waals surface area (Å²) in [6, 6.07) is 18.1. The fourth-order valence-electron chi connectivity index (χ4n) is 4.57. The van der Waals surface area contributed by atoms with E-state index >= 15 is 0 Å². The van der Waals surface area contributed by atoms with Crippen molar-refractivity contribution in [3.8, 4) is 17.2 Å². The van der Waals surface area contributed by atoms with Crippen molar-refractivity contribution < 1.29 is 23.8 Å². The fourth-order valence-corrected chi connectivity index (χ4v) is 4.98. The summed E-state index contributed by atoms with van der Waals surface area (Å²) < 4.78 is 16.5. The highest BCUT2D eigenvalue weighted by Crippen LogP contribution is 2.46. The Labute approximate surface area is 215 Å². The van der Waals surface area contributed by atoms with Crippen LogP contribution in [0.1, 0.15) is 40.4 Å². The number of likely N-dealkylation sites (N-methyl/N-ethyl adjacent to an activating group) is 1. The maximum Gasteiger partial charge on any atom is 0.254 e. The highest BCUT2D eigenvalue weighted by Gasteiger charge is 2.43. The Hall–Kier alpha value is -3.65. The number of amides is 2. The number of anilines is 1. The van der Waals surface area contributed by atoms with Crippen LogP contribution in [-0.4, -0.2) is 50.8 Å². The zero-order valence-corrected chi connectivity index (χ0v) is 21.8. The average Bonchev–Trinajstić information content (AvgIpc) is 2.91. The van der Waals surface area contributed by atoms with Gasteiger partial charge in [0.25, 0.3) is 5.91 Å². The number of ether oxygens (including phenoxy) is 3. The molecule has 2 atom stereocenters. The van der Waals surface area contributed by atoms with E-state index in [2.05, 4.69) is 5.32 Å². The lowest BCUT2D eigenvalue weighted by Gasteiger charge is -2.40. The van der Waals surface area contributed by atoms with Gasteiger partial charge in [-0.2, -0.15) is 0 Å². The number of carbonyl (C=O) groups is 2. The molecule has 0 saturated carbocycles. The molecule has 1 N–H and O–H groups in total. The van der Waals surface area contributed by atoms with Crippen LogP contribution in [0.25, 0.3) is 0 Å². The van der Waals surface area contributed by atoms with Gasteiger partial charge in [-0.3, -0.25) is 9.59 Å². The second kappa shape index (κ2) is 11.0. The largest absolute Gasteiger partial charge is 0.494 e. The number of methoxy groups -OCH3 is 2. The summed E-state index contributed by atoms with van der Waals surface area (Å²) >= 11 is 1.64. The molecule has 8 heteroatoms. The molecular formula is C28H30N2O5S. The molecule has 0 fully saturated rings. The summed E-state index contributed by atoms with van der Waals surface area (Å²) in [6.07, 6.45) is 2.01. The van der Waals surface area contributed by atoms with E-state index in [-0.39, 0.29) is 11.8 Å². The van der Waals surface area contributed by atoms with Crippen molar-refractivity contribution in [1.82, 2.24) is 4.90 Å². The van der Waals surface area contributed by atoms with Gasteiger partial charge in [0.05, 0.1) is 32.8 Å². The Balaban J connectivity index is 1.81. The summed E-state index contributed by atoms with van der Waals surface area (Å²) in [5.41, 5.74) is 2.52. The van der Waals surface area contributed by atoms with E-state index in [0.29, 0.717) is 34.9 Å². The first kappa shape index (κ1) is 25.4. The van der Waals surface area contributed by atoms with Crippen molar-refractivity contribution in [2.75, 3.05) is 39.4 Å². The van der Waals surface area contributed by atoms with Crippen molar-refractivity contribution in [2.45, 2.75) is 23.8 Å². The Morgan fingerprint density at radius 3 is 2.22 bits per heavy atom. The van der Waals surface area contributed by atoms with Gasteiger partial charge in [0.15, 0.2) is 11.5 Å². The second-order valence-corrected chi connectivity index (χ2v) is 9.23. The molecule has 4 rings (SSSR count). The molecule has 3 aromatic carbocycles. The highest BCUT2D eigenvalue weighted by molar-refractivity contribution is 7.98. The second-order valence-electron chi connectivity index (χ2n) is 8.35. The molecule has 7 nitrogen and oxygen atoms in total. The van der Waals surface area contributed by atoms with E-state index in [1.165, 1.54) is 14.2 Å². The lowest BCUT2D eigenvalue weighted by molar-refractivity contribution is -0.119. The van der Waals surface area contributed by atoms with E-state index < -0.39 is 12.0 Å². The van der Waals surface area contributed by atoms with Crippen molar-refractivity contribution in [2.24, 2.45) is 0 Å². The molecule has 188 valence electrons. The zero-order chi connectivity index (χ0) is 25.8. The highest BCUT2D eigenvalue weighted by atomic mass is 32.2. The van der Waals surface area contributed by atoms with Gasteiger partial charge in [-0.05, 0) is 72.8 Å². The minimum atomic E-state index is -0.686. The first-order valence-electron chi connectivity index (χ1n) is 11.6. The van der Waals surface area contributed by atoms with Crippen LogP contribution in [0.5, 0.6) is 17.2 Å². The van der Waals surface area contributed by atoms with E-state index in [9.17, 15) is 9.59 Å². The van der Waals surface area contributed by atoms with Gasteiger partial charge < -0.3 is 24.4 Å². The molecule has 0 bridgehead atoms. The number of rotatable bonds is 8. The molecule has 2 unspecified atom stereocenters. The lowest BCUT2D eigenvalue weighted by Crippen LogP contribution is -2.44.